The molecule has 0 aromatic heterocycles. The number of halogens is 1. The summed E-state index contributed by atoms with van der Waals surface area (Å²) in [5.74, 6) is -0.859. The molecule has 0 saturated heterocycles. The molecule has 0 aliphatic heterocycles. The van der Waals surface area contributed by atoms with Gasteiger partial charge in [-0.15, -0.1) is 0 Å². The van der Waals surface area contributed by atoms with Crippen LogP contribution >= 0.6 is 11.6 Å². The normalized spacial score (nSPS) is 27.7. The van der Waals surface area contributed by atoms with Crippen molar-refractivity contribution in [1.82, 2.24) is 4.72 Å². The Morgan fingerprint density at radius 3 is 2.41 bits per heavy atom. The van der Waals surface area contributed by atoms with Gasteiger partial charge in [0.2, 0.25) is 5.91 Å². The molecule has 1 N–H and O–H groups in total. The molecule has 118 valence electrons. The van der Waals surface area contributed by atoms with Crippen LogP contribution in [-0.2, 0) is 19.6 Å². The highest BCUT2D eigenvalue weighted by Crippen LogP contribution is 2.42. The predicted octanol–water partition coefficient (Wildman–Crippen LogP) is 2.15. The van der Waals surface area contributed by atoms with Gasteiger partial charge in [0.1, 0.15) is 5.78 Å². The van der Waals surface area contributed by atoms with Gasteiger partial charge in [-0.2, -0.15) is 0 Å². The van der Waals surface area contributed by atoms with Gasteiger partial charge in [-0.3, -0.25) is 9.59 Å². The second-order valence-corrected chi connectivity index (χ2v) is 8.09. The summed E-state index contributed by atoms with van der Waals surface area (Å²) in [5.41, 5.74) is 0. The van der Waals surface area contributed by atoms with Gasteiger partial charge in [0.15, 0.2) is 0 Å². The third-order valence-electron chi connectivity index (χ3n) is 4.52. The second-order valence-electron chi connectivity index (χ2n) is 5.97. The van der Waals surface area contributed by atoms with Crippen molar-refractivity contribution in [3.8, 4) is 0 Å². The Morgan fingerprint density at radius 2 is 1.82 bits per heavy atom. The van der Waals surface area contributed by atoms with Gasteiger partial charge in [-0.05, 0) is 43.9 Å². The van der Waals surface area contributed by atoms with E-state index < -0.39 is 21.8 Å². The van der Waals surface area contributed by atoms with Crippen molar-refractivity contribution in [3.05, 3.63) is 29.3 Å². The average molecular weight is 342 g/mol. The lowest BCUT2D eigenvalue weighted by atomic mass is 9.80. The molecule has 2 unspecified atom stereocenters. The molecule has 5 nitrogen and oxygen atoms in total. The topological polar surface area (TPSA) is 80.3 Å². The van der Waals surface area contributed by atoms with Crippen LogP contribution in [0.4, 0.5) is 0 Å². The van der Waals surface area contributed by atoms with Crippen molar-refractivity contribution < 1.29 is 18.0 Å². The van der Waals surface area contributed by atoms with Crippen LogP contribution in [0.15, 0.2) is 29.2 Å². The quantitative estimate of drug-likeness (QED) is 0.913. The Morgan fingerprint density at radius 1 is 1.18 bits per heavy atom. The van der Waals surface area contributed by atoms with E-state index in [1.165, 1.54) is 18.2 Å². The summed E-state index contributed by atoms with van der Waals surface area (Å²) in [6.45, 7) is 0. The number of rotatable bonds is 3. The number of fused-ring (bicyclic) bond motifs is 2. The Labute approximate surface area is 134 Å². The second kappa shape index (κ2) is 5.66. The minimum Gasteiger partial charge on any atom is -0.299 e. The fourth-order valence-corrected chi connectivity index (χ4v) is 4.74. The standard InChI is InChI=1S/C15H16ClNO4S/c16-12-2-1-3-13(8-12)22(20,21)17-15(19)11-6-9-4-5-10(7-11)14(9)18/h1-3,8-11H,4-7H2,(H,17,19). The average Bonchev–Trinajstić information content (AvgIpc) is 2.69. The highest BCUT2D eigenvalue weighted by Gasteiger charge is 2.44. The van der Waals surface area contributed by atoms with Crippen LogP contribution in [0.3, 0.4) is 0 Å². The van der Waals surface area contributed by atoms with E-state index in [9.17, 15) is 18.0 Å². The number of carbonyl (C=O) groups excluding carboxylic acids is 2. The molecule has 0 heterocycles. The maximum absolute atomic E-state index is 12.3. The first kappa shape index (κ1) is 15.5. The zero-order chi connectivity index (χ0) is 15.9. The van der Waals surface area contributed by atoms with Gasteiger partial charge in [0.05, 0.1) is 4.90 Å². The van der Waals surface area contributed by atoms with Gasteiger partial charge in [0, 0.05) is 22.8 Å². The minimum atomic E-state index is -3.93. The number of amides is 1. The monoisotopic (exact) mass is 341 g/mol. The Hall–Kier alpha value is -1.40. The van der Waals surface area contributed by atoms with Crippen LogP contribution in [0.25, 0.3) is 0 Å². The summed E-state index contributed by atoms with van der Waals surface area (Å²) in [4.78, 5) is 24.1. The van der Waals surface area contributed by atoms with Gasteiger partial charge in [-0.25, -0.2) is 13.1 Å². The highest BCUT2D eigenvalue weighted by atomic mass is 35.5. The van der Waals surface area contributed by atoms with Crippen molar-refractivity contribution >= 4 is 33.3 Å². The van der Waals surface area contributed by atoms with Crippen LogP contribution in [-0.4, -0.2) is 20.1 Å². The SMILES string of the molecule is O=C(NS(=O)(=O)c1cccc(Cl)c1)C1CC2CCC(C1)C2=O. The fourth-order valence-electron chi connectivity index (χ4n) is 3.39. The molecule has 2 fully saturated rings. The van der Waals surface area contributed by atoms with Crippen LogP contribution in [0.5, 0.6) is 0 Å². The van der Waals surface area contributed by atoms with E-state index in [0.717, 1.165) is 12.8 Å². The lowest BCUT2D eigenvalue weighted by Gasteiger charge is -2.25. The number of hydrogen-bond acceptors (Lipinski definition) is 4. The lowest BCUT2D eigenvalue weighted by Crippen LogP contribution is -2.40. The van der Waals surface area contributed by atoms with Gasteiger partial charge in [0.25, 0.3) is 10.0 Å². The summed E-state index contributed by atoms with van der Waals surface area (Å²) in [5, 5.41) is 0.289. The summed E-state index contributed by atoms with van der Waals surface area (Å²) in [6, 6.07) is 5.76. The van der Waals surface area contributed by atoms with Crippen molar-refractivity contribution in [1.29, 1.82) is 0 Å². The maximum atomic E-state index is 12.3. The van der Waals surface area contributed by atoms with E-state index in [1.807, 2.05) is 0 Å². The van der Waals surface area contributed by atoms with Crippen molar-refractivity contribution in [2.75, 3.05) is 0 Å². The number of hydrogen-bond donors (Lipinski definition) is 1. The van der Waals surface area contributed by atoms with Crippen LogP contribution in [0, 0.1) is 17.8 Å². The molecule has 3 rings (SSSR count). The van der Waals surface area contributed by atoms with Crippen molar-refractivity contribution in [3.63, 3.8) is 0 Å². The molecule has 1 amide bonds. The van der Waals surface area contributed by atoms with E-state index in [0.29, 0.717) is 12.8 Å². The molecule has 1 aromatic carbocycles. The number of nitrogens with one attached hydrogen (secondary N) is 1. The molecule has 2 saturated carbocycles. The Balaban J connectivity index is 1.73. The van der Waals surface area contributed by atoms with Crippen LogP contribution < -0.4 is 4.72 Å². The number of sulfonamides is 1. The number of benzene rings is 1. The maximum Gasteiger partial charge on any atom is 0.264 e. The lowest BCUT2D eigenvalue weighted by molar-refractivity contribution is -0.131. The number of carbonyl (C=O) groups is 2. The third kappa shape index (κ3) is 2.90. The van der Waals surface area contributed by atoms with Crippen LogP contribution in [0.2, 0.25) is 5.02 Å². The molecule has 1 aromatic rings. The van der Waals surface area contributed by atoms with E-state index >= 15 is 0 Å². The number of ketones is 1. The van der Waals surface area contributed by atoms with E-state index in [2.05, 4.69) is 4.72 Å². The van der Waals surface area contributed by atoms with E-state index in [-0.39, 0.29) is 27.5 Å². The summed E-state index contributed by atoms with van der Waals surface area (Å²) < 4.78 is 26.6. The molecule has 2 bridgehead atoms. The Kier molecular flexibility index (Phi) is 3.99. The zero-order valence-electron chi connectivity index (χ0n) is 11.8. The molecule has 2 aliphatic rings. The first-order valence-electron chi connectivity index (χ1n) is 7.23. The zero-order valence-corrected chi connectivity index (χ0v) is 13.4. The molecule has 0 radical (unpaired) electrons. The molecular formula is C15H16ClNO4S. The third-order valence-corrected chi connectivity index (χ3v) is 6.10. The van der Waals surface area contributed by atoms with Crippen molar-refractivity contribution in [2.24, 2.45) is 17.8 Å². The van der Waals surface area contributed by atoms with E-state index in [4.69, 9.17) is 11.6 Å². The first-order chi connectivity index (χ1) is 10.4. The molecule has 2 aliphatic carbocycles. The summed E-state index contributed by atoms with van der Waals surface area (Å²) >= 11 is 5.78. The summed E-state index contributed by atoms with van der Waals surface area (Å²) in [7, 11) is -3.93. The van der Waals surface area contributed by atoms with Gasteiger partial charge in [-0.1, -0.05) is 17.7 Å². The molecule has 0 spiro atoms. The largest absolute Gasteiger partial charge is 0.299 e. The minimum absolute atomic E-state index is 0.0387. The highest BCUT2D eigenvalue weighted by molar-refractivity contribution is 7.90. The van der Waals surface area contributed by atoms with Crippen LogP contribution in [0.1, 0.15) is 25.7 Å². The van der Waals surface area contributed by atoms with Gasteiger partial charge < -0.3 is 0 Å². The Bertz CT molecular complexity index is 715. The molecule has 2 atom stereocenters. The fraction of sp³-hybridized carbons (Fsp3) is 0.467. The molecule has 7 heteroatoms. The molecule has 22 heavy (non-hydrogen) atoms. The van der Waals surface area contributed by atoms with Gasteiger partial charge >= 0.3 is 0 Å². The molecular weight excluding hydrogens is 326 g/mol. The first-order valence-corrected chi connectivity index (χ1v) is 9.09. The van der Waals surface area contributed by atoms with E-state index in [1.54, 1.807) is 6.07 Å². The predicted molar refractivity (Wildman–Crippen MR) is 80.7 cm³/mol. The summed E-state index contributed by atoms with van der Waals surface area (Å²) in [6.07, 6.45) is 2.53. The number of Topliss-reactive ketones (excluding diaryl/α,β-unsaturated/α-hetero) is 1. The van der Waals surface area contributed by atoms with Crippen molar-refractivity contribution in [2.45, 2.75) is 30.6 Å². The smallest absolute Gasteiger partial charge is 0.264 e.